The van der Waals surface area contributed by atoms with Crippen LogP contribution in [-0.2, 0) is 21.5 Å². The van der Waals surface area contributed by atoms with E-state index in [0.717, 1.165) is 30.4 Å². The van der Waals surface area contributed by atoms with Crippen LogP contribution in [0.2, 0.25) is 0 Å². The van der Waals surface area contributed by atoms with Crippen molar-refractivity contribution in [2.24, 2.45) is 11.7 Å². The number of rotatable bonds is 7. The van der Waals surface area contributed by atoms with Gasteiger partial charge in [-0.1, -0.05) is 60.7 Å². The van der Waals surface area contributed by atoms with Crippen molar-refractivity contribution >= 4 is 11.7 Å². The number of primary amides is 1. The quantitative estimate of drug-likeness (QED) is 0.616. The van der Waals surface area contributed by atoms with Crippen molar-refractivity contribution in [1.82, 2.24) is 9.78 Å². The number of amides is 1. The predicted octanol–water partition coefficient (Wildman–Crippen LogP) is 2.57. The molecule has 0 radical (unpaired) electrons. The maximum Gasteiger partial charge on any atom is 0.265 e. The first kappa shape index (κ1) is 20.0. The van der Waals surface area contributed by atoms with Gasteiger partial charge in [0.15, 0.2) is 12.3 Å². The minimum absolute atomic E-state index is 0.0634. The van der Waals surface area contributed by atoms with E-state index in [4.69, 9.17) is 5.73 Å². The fourth-order valence-electron chi connectivity index (χ4n) is 4.99. The Morgan fingerprint density at radius 3 is 2.20 bits per heavy atom. The Labute approximate surface area is 176 Å². The SMILES string of the molecule is CC(=O)Cn1c[n+](C2CCC(C(C(N)=O)(c3ccccc3)c3ccccc3)C2)cn1. The zero-order valence-electron chi connectivity index (χ0n) is 17.1. The number of carbonyl (C=O) groups excluding carboxylic acids is 2. The maximum atomic E-state index is 13.1. The van der Waals surface area contributed by atoms with Gasteiger partial charge >= 0.3 is 0 Å². The van der Waals surface area contributed by atoms with E-state index in [1.165, 1.54) is 0 Å². The van der Waals surface area contributed by atoms with E-state index in [2.05, 4.69) is 9.67 Å². The van der Waals surface area contributed by atoms with Gasteiger partial charge in [0, 0.05) is 5.10 Å². The van der Waals surface area contributed by atoms with Gasteiger partial charge in [-0.2, -0.15) is 0 Å². The van der Waals surface area contributed by atoms with Crippen molar-refractivity contribution in [2.45, 2.75) is 44.2 Å². The smallest absolute Gasteiger partial charge is 0.265 e. The summed E-state index contributed by atoms with van der Waals surface area (Å²) in [6.45, 7) is 1.82. The fraction of sp³-hybridized carbons (Fsp3) is 0.333. The van der Waals surface area contributed by atoms with E-state index in [1.54, 1.807) is 17.9 Å². The zero-order valence-corrected chi connectivity index (χ0v) is 17.1. The molecule has 3 aromatic rings. The lowest BCUT2D eigenvalue weighted by Crippen LogP contribution is -2.48. The third kappa shape index (κ3) is 3.54. The topological polar surface area (TPSA) is 81.9 Å². The first-order chi connectivity index (χ1) is 14.5. The molecule has 0 spiro atoms. The third-order valence-electron chi connectivity index (χ3n) is 6.27. The van der Waals surface area contributed by atoms with Gasteiger partial charge in [-0.15, -0.1) is 4.68 Å². The highest BCUT2D eigenvalue weighted by Gasteiger charge is 2.50. The highest BCUT2D eigenvalue weighted by molar-refractivity contribution is 5.91. The molecule has 4 rings (SSSR count). The van der Waals surface area contributed by atoms with Crippen LogP contribution in [0.5, 0.6) is 0 Å². The molecule has 1 aliphatic carbocycles. The van der Waals surface area contributed by atoms with Crippen LogP contribution in [0.25, 0.3) is 0 Å². The van der Waals surface area contributed by atoms with E-state index in [1.807, 2.05) is 67.0 Å². The van der Waals surface area contributed by atoms with Gasteiger partial charge in [0.25, 0.3) is 6.33 Å². The Balaban J connectivity index is 1.71. The normalized spacial score (nSPS) is 19.0. The average molecular weight is 404 g/mol. The molecule has 2 N–H and O–H groups in total. The lowest BCUT2D eigenvalue weighted by Gasteiger charge is -2.37. The first-order valence-corrected chi connectivity index (χ1v) is 10.4. The summed E-state index contributed by atoms with van der Waals surface area (Å²) >= 11 is 0. The Kier molecular flexibility index (Phi) is 5.48. The molecule has 6 nitrogen and oxygen atoms in total. The van der Waals surface area contributed by atoms with E-state index < -0.39 is 5.41 Å². The van der Waals surface area contributed by atoms with E-state index in [-0.39, 0.29) is 30.2 Å². The van der Waals surface area contributed by atoms with E-state index in [0.29, 0.717) is 0 Å². The first-order valence-electron chi connectivity index (χ1n) is 10.4. The van der Waals surface area contributed by atoms with Gasteiger partial charge in [-0.05, 0) is 43.2 Å². The second-order valence-corrected chi connectivity index (χ2v) is 8.16. The predicted molar refractivity (Wildman–Crippen MR) is 112 cm³/mol. The Morgan fingerprint density at radius 2 is 1.67 bits per heavy atom. The Hall–Kier alpha value is -3.28. The molecular weight excluding hydrogens is 376 g/mol. The van der Waals surface area contributed by atoms with Gasteiger partial charge in [0.2, 0.25) is 12.2 Å². The van der Waals surface area contributed by atoms with Crippen LogP contribution >= 0.6 is 0 Å². The molecular formula is C24H27N4O2+. The Morgan fingerprint density at radius 1 is 1.07 bits per heavy atom. The minimum Gasteiger partial charge on any atom is -0.369 e. The third-order valence-corrected chi connectivity index (χ3v) is 6.27. The zero-order chi connectivity index (χ0) is 21.1. The Bertz CT molecular complexity index is 990. The summed E-state index contributed by atoms with van der Waals surface area (Å²) in [4.78, 5) is 24.5. The summed E-state index contributed by atoms with van der Waals surface area (Å²) in [5.74, 6) is -0.188. The summed E-state index contributed by atoms with van der Waals surface area (Å²) in [5.41, 5.74) is 7.15. The molecule has 0 saturated heterocycles. The summed E-state index contributed by atoms with van der Waals surface area (Å²) in [7, 11) is 0. The van der Waals surface area contributed by atoms with Crippen LogP contribution < -0.4 is 10.3 Å². The second kappa shape index (κ2) is 8.22. The summed E-state index contributed by atoms with van der Waals surface area (Å²) < 4.78 is 3.72. The van der Waals surface area contributed by atoms with Crippen LogP contribution in [0, 0.1) is 5.92 Å². The van der Waals surface area contributed by atoms with Crippen molar-refractivity contribution in [2.75, 3.05) is 0 Å². The fourth-order valence-corrected chi connectivity index (χ4v) is 4.99. The van der Waals surface area contributed by atoms with E-state index in [9.17, 15) is 9.59 Å². The van der Waals surface area contributed by atoms with Crippen LogP contribution in [-0.4, -0.2) is 21.5 Å². The van der Waals surface area contributed by atoms with Crippen LogP contribution in [0.1, 0.15) is 43.4 Å². The number of ketones is 1. The van der Waals surface area contributed by atoms with Gasteiger partial charge in [0.1, 0.15) is 5.41 Å². The molecule has 154 valence electrons. The molecule has 1 fully saturated rings. The highest BCUT2D eigenvalue weighted by atomic mass is 16.1. The lowest BCUT2D eigenvalue weighted by atomic mass is 9.64. The molecule has 1 amide bonds. The molecule has 1 aromatic heterocycles. The molecule has 2 aromatic carbocycles. The van der Waals surface area contributed by atoms with Gasteiger partial charge in [-0.3, -0.25) is 9.59 Å². The van der Waals surface area contributed by atoms with Crippen molar-refractivity contribution in [1.29, 1.82) is 0 Å². The van der Waals surface area contributed by atoms with Crippen molar-refractivity contribution in [3.8, 4) is 0 Å². The van der Waals surface area contributed by atoms with E-state index >= 15 is 0 Å². The molecule has 6 heteroatoms. The molecule has 1 saturated carbocycles. The van der Waals surface area contributed by atoms with Crippen LogP contribution in [0.15, 0.2) is 73.3 Å². The number of hydrogen-bond acceptors (Lipinski definition) is 3. The number of aromatic nitrogens is 3. The monoisotopic (exact) mass is 403 g/mol. The van der Waals surface area contributed by atoms with Crippen molar-refractivity contribution in [3.05, 3.63) is 84.4 Å². The largest absolute Gasteiger partial charge is 0.369 e. The molecule has 30 heavy (non-hydrogen) atoms. The van der Waals surface area contributed by atoms with Crippen molar-refractivity contribution < 1.29 is 14.2 Å². The number of hydrogen-bond donors (Lipinski definition) is 1. The summed E-state index contributed by atoms with van der Waals surface area (Å²) in [5, 5.41) is 4.31. The van der Waals surface area contributed by atoms with Gasteiger partial charge in [0.05, 0.1) is 6.04 Å². The van der Waals surface area contributed by atoms with Gasteiger partial charge in [-0.25, -0.2) is 4.57 Å². The standard InChI is InChI=1S/C24H26N4O2/c1-18(29)15-28-17-27(16-26-28)22-13-12-21(14-22)24(23(25)30,19-8-4-2-5-9-19)20-10-6-3-7-11-20/h2-11,16-17,21-22H,12-15H2,1H3,(H-,25,30)/p+1. The van der Waals surface area contributed by atoms with Crippen LogP contribution in [0.3, 0.4) is 0 Å². The van der Waals surface area contributed by atoms with Crippen LogP contribution in [0.4, 0.5) is 0 Å². The number of Topliss-reactive ketones (excluding diaryl/α,β-unsaturated/α-hetero) is 1. The molecule has 0 aliphatic heterocycles. The van der Waals surface area contributed by atoms with Crippen molar-refractivity contribution in [3.63, 3.8) is 0 Å². The molecule has 1 heterocycles. The van der Waals surface area contributed by atoms with Gasteiger partial charge < -0.3 is 5.73 Å². The molecule has 2 atom stereocenters. The lowest BCUT2D eigenvalue weighted by molar-refractivity contribution is -0.722. The summed E-state index contributed by atoms with van der Waals surface area (Å²) in [6.07, 6.45) is 6.26. The number of carbonyl (C=O) groups is 2. The highest BCUT2D eigenvalue weighted by Crippen LogP contribution is 2.48. The average Bonchev–Trinajstić information content (AvgIpc) is 3.40. The molecule has 2 unspecified atom stereocenters. The maximum absolute atomic E-state index is 13.1. The second-order valence-electron chi connectivity index (χ2n) is 8.16. The summed E-state index contributed by atoms with van der Waals surface area (Å²) in [6, 6.07) is 20.0. The minimum atomic E-state index is -0.882. The number of nitrogens with two attached hydrogens (primary N) is 1. The number of benzene rings is 2. The molecule has 1 aliphatic rings. The number of nitrogens with zero attached hydrogens (tertiary/aromatic N) is 3. The molecule has 0 bridgehead atoms.